The number of nitrogens with zero attached hydrogens (tertiary/aromatic N) is 2. The standard InChI is InChI=1S/C14H20N2O2/c1-5-12-14(2,3)16(17)13(15-12)10-6-8-11(18-4)9-7-10/h6-9,13,17H,5H2,1-4H3/t13-/m1/s1. The molecular weight excluding hydrogens is 228 g/mol. The minimum absolute atomic E-state index is 0.319. The van der Waals surface area contributed by atoms with Crippen LogP contribution in [0.25, 0.3) is 0 Å². The molecule has 1 aromatic carbocycles. The fourth-order valence-corrected chi connectivity index (χ4v) is 2.31. The van der Waals surface area contributed by atoms with Gasteiger partial charge < -0.3 is 9.94 Å². The van der Waals surface area contributed by atoms with E-state index in [0.29, 0.717) is 0 Å². The Balaban J connectivity index is 2.31. The van der Waals surface area contributed by atoms with Crippen molar-refractivity contribution in [2.75, 3.05) is 7.11 Å². The second-order valence-electron chi connectivity index (χ2n) is 4.98. The van der Waals surface area contributed by atoms with Crippen molar-refractivity contribution in [1.29, 1.82) is 0 Å². The summed E-state index contributed by atoms with van der Waals surface area (Å²) in [7, 11) is 1.64. The van der Waals surface area contributed by atoms with Gasteiger partial charge in [0, 0.05) is 5.71 Å². The summed E-state index contributed by atoms with van der Waals surface area (Å²) in [5, 5.41) is 11.6. The molecule has 1 aliphatic rings. The average molecular weight is 248 g/mol. The van der Waals surface area contributed by atoms with Gasteiger partial charge in [-0.1, -0.05) is 19.1 Å². The molecule has 0 aliphatic carbocycles. The Morgan fingerprint density at radius 1 is 1.33 bits per heavy atom. The smallest absolute Gasteiger partial charge is 0.151 e. The topological polar surface area (TPSA) is 45.1 Å². The van der Waals surface area contributed by atoms with Gasteiger partial charge in [-0.3, -0.25) is 4.99 Å². The van der Waals surface area contributed by atoms with E-state index < -0.39 is 5.54 Å². The Hall–Kier alpha value is -1.39. The maximum absolute atomic E-state index is 10.3. The monoisotopic (exact) mass is 248 g/mol. The molecule has 4 nitrogen and oxygen atoms in total. The van der Waals surface area contributed by atoms with Gasteiger partial charge in [-0.2, -0.15) is 5.06 Å². The molecule has 0 fully saturated rings. The number of benzene rings is 1. The van der Waals surface area contributed by atoms with Crippen molar-refractivity contribution in [3.8, 4) is 5.75 Å². The highest BCUT2D eigenvalue weighted by molar-refractivity contribution is 5.94. The van der Waals surface area contributed by atoms with Crippen LogP contribution >= 0.6 is 0 Å². The van der Waals surface area contributed by atoms with Gasteiger partial charge in [0.05, 0.1) is 12.6 Å². The Bertz CT molecular complexity index is 451. The largest absolute Gasteiger partial charge is 0.497 e. The van der Waals surface area contributed by atoms with Crippen molar-refractivity contribution in [2.45, 2.75) is 38.9 Å². The number of hydrogen-bond acceptors (Lipinski definition) is 4. The van der Waals surface area contributed by atoms with Gasteiger partial charge in [-0.05, 0) is 38.0 Å². The fraction of sp³-hybridized carbons (Fsp3) is 0.500. The highest BCUT2D eigenvalue weighted by Gasteiger charge is 2.41. The third-order valence-corrected chi connectivity index (χ3v) is 3.54. The number of rotatable bonds is 3. The van der Waals surface area contributed by atoms with Crippen molar-refractivity contribution in [3.63, 3.8) is 0 Å². The summed E-state index contributed by atoms with van der Waals surface area (Å²) in [5.41, 5.74) is 1.58. The van der Waals surface area contributed by atoms with Gasteiger partial charge in [-0.15, -0.1) is 0 Å². The minimum atomic E-state index is -0.403. The molecule has 1 atom stereocenters. The molecule has 1 aliphatic heterocycles. The van der Waals surface area contributed by atoms with Gasteiger partial charge in [0.2, 0.25) is 0 Å². The van der Waals surface area contributed by atoms with Gasteiger partial charge >= 0.3 is 0 Å². The van der Waals surface area contributed by atoms with Crippen LogP contribution in [0.2, 0.25) is 0 Å². The second kappa shape index (κ2) is 4.71. The molecule has 0 saturated heterocycles. The number of ether oxygens (including phenoxy) is 1. The normalized spacial score (nSPS) is 22.9. The van der Waals surface area contributed by atoms with Crippen LogP contribution in [-0.4, -0.2) is 28.6 Å². The third-order valence-electron chi connectivity index (χ3n) is 3.54. The summed E-state index contributed by atoms with van der Waals surface area (Å²) in [6, 6.07) is 7.64. The first-order valence-corrected chi connectivity index (χ1v) is 6.20. The highest BCUT2D eigenvalue weighted by Crippen LogP contribution is 2.36. The van der Waals surface area contributed by atoms with Crippen LogP contribution in [0.1, 0.15) is 38.9 Å². The van der Waals surface area contributed by atoms with E-state index in [2.05, 4.69) is 11.9 Å². The maximum atomic E-state index is 10.3. The zero-order valence-corrected chi connectivity index (χ0v) is 11.3. The lowest BCUT2D eigenvalue weighted by Gasteiger charge is -2.30. The van der Waals surface area contributed by atoms with Crippen molar-refractivity contribution < 1.29 is 9.94 Å². The van der Waals surface area contributed by atoms with Gasteiger partial charge in [0.15, 0.2) is 6.17 Å². The molecule has 0 bridgehead atoms. The van der Waals surface area contributed by atoms with Gasteiger partial charge in [0.1, 0.15) is 5.75 Å². The van der Waals surface area contributed by atoms with E-state index in [9.17, 15) is 5.21 Å². The lowest BCUT2D eigenvalue weighted by Crippen LogP contribution is -2.43. The van der Waals surface area contributed by atoms with Crippen LogP contribution < -0.4 is 4.74 Å². The van der Waals surface area contributed by atoms with E-state index in [1.807, 2.05) is 38.1 Å². The van der Waals surface area contributed by atoms with E-state index in [0.717, 1.165) is 23.4 Å². The SMILES string of the molecule is CCC1=N[C@@H](c2ccc(OC)cc2)N(O)C1(C)C. The van der Waals surface area contributed by atoms with Crippen LogP contribution in [0.5, 0.6) is 5.75 Å². The molecule has 18 heavy (non-hydrogen) atoms. The average Bonchev–Trinajstić information content (AvgIpc) is 2.61. The minimum Gasteiger partial charge on any atom is -0.497 e. The molecule has 0 amide bonds. The molecule has 0 radical (unpaired) electrons. The first kappa shape index (κ1) is 13.1. The molecule has 0 saturated carbocycles. The zero-order chi connectivity index (χ0) is 13.3. The molecule has 0 aromatic heterocycles. The predicted molar refractivity (Wildman–Crippen MR) is 71.2 cm³/mol. The summed E-state index contributed by atoms with van der Waals surface area (Å²) in [6.07, 6.45) is 0.525. The van der Waals surface area contributed by atoms with Crippen LogP contribution in [0.4, 0.5) is 0 Å². The maximum Gasteiger partial charge on any atom is 0.151 e. The quantitative estimate of drug-likeness (QED) is 0.894. The van der Waals surface area contributed by atoms with Crippen molar-refractivity contribution >= 4 is 5.71 Å². The lowest BCUT2D eigenvalue weighted by atomic mass is 9.97. The Morgan fingerprint density at radius 3 is 2.39 bits per heavy atom. The summed E-state index contributed by atoms with van der Waals surface area (Å²) >= 11 is 0. The summed E-state index contributed by atoms with van der Waals surface area (Å²) in [6.45, 7) is 6.03. The molecular formula is C14H20N2O2. The van der Waals surface area contributed by atoms with Crippen LogP contribution in [-0.2, 0) is 0 Å². The molecule has 2 rings (SSSR count). The van der Waals surface area contributed by atoms with E-state index >= 15 is 0 Å². The van der Waals surface area contributed by atoms with Crippen LogP contribution in [0, 0.1) is 0 Å². The summed E-state index contributed by atoms with van der Waals surface area (Å²) < 4.78 is 5.13. The first-order valence-electron chi connectivity index (χ1n) is 6.20. The zero-order valence-electron chi connectivity index (χ0n) is 11.3. The Morgan fingerprint density at radius 2 is 1.94 bits per heavy atom. The number of methoxy groups -OCH3 is 1. The first-order chi connectivity index (χ1) is 8.50. The molecule has 1 aromatic rings. The predicted octanol–water partition coefficient (Wildman–Crippen LogP) is 3.03. The van der Waals surface area contributed by atoms with E-state index in [1.165, 1.54) is 5.06 Å². The fourth-order valence-electron chi connectivity index (χ4n) is 2.31. The van der Waals surface area contributed by atoms with Crippen molar-refractivity contribution in [3.05, 3.63) is 29.8 Å². The Labute approximate surface area is 108 Å². The highest BCUT2D eigenvalue weighted by atomic mass is 16.5. The van der Waals surface area contributed by atoms with Crippen molar-refractivity contribution in [2.24, 2.45) is 4.99 Å². The van der Waals surface area contributed by atoms with Gasteiger partial charge in [-0.25, -0.2) is 0 Å². The lowest BCUT2D eigenvalue weighted by molar-refractivity contribution is -0.159. The molecule has 98 valence electrons. The van der Waals surface area contributed by atoms with Crippen LogP contribution in [0.15, 0.2) is 29.3 Å². The van der Waals surface area contributed by atoms with E-state index in [4.69, 9.17) is 4.74 Å². The summed E-state index contributed by atoms with van der Waals surface area (Å²) in [4.78, 5) is 4.62. The van der Waals surface area contributed by atoms with E-state index in [-0.39, 0.29) is 6.17 Å². The summed E-state index contributed by atoms with van der Waals surface area (Å²) in [5.74, 6) is 0.806. The third kappa shape index (κ3) is 2.02. The van der Waals surface area contributed by atoms with Gasteiger partial charge in [0.25, 0.3) is 0 Å². The van der Waals surface area contributed by atoms with Crippen LogP contribution in [0.3, 0.4) is 0 Å². The Kier molecular flexibility index (Phi) is 3.41. The van der Waals surface area contributed by atoms with Crippen molar-refractivity contribution in [1.82, 2.24) is 5.06 Å². The van der Waals surface area contributed by atoms with E-state index in [1.54, 1.807) is 7.11 Å². The molecule has 1 N–H and O–H groups in total. The number of aliphatic imine (C=N–C) groups is 1. The molecule has 1 heterocycles. The molecule has 0 unspecified atom stereocenters. The molecule has 0 spiro atoms. The number of hydrogen-bond donors (Lipinski definition) is 1. The second-order valence-corrected chi connectivity index (χ2v) is 4.98. The number of hydroxylamine groups is 2. The molecule has 4 heteroatoms.